The SMILES string of the molecule is Cc1cccn2c(NCc3ccccc3)c(-c3ccccc3OS(=O)(=O)c3ccc(Cl)cc3)nc12. The molecule has 0 unspecified atom stereocenters. The van der Waals surface area contributed by atoms with E-state index in [9.17, 15) is 8.42 Å². The van der Waals surface area contributed by atoms with Crippen LogP contribution in [0, 0.1) is 6.92 Å². The van der Waals surface area contributed by atoms with Crippen molar-refractivity contribution in [3.05, 3.63) is 113 Å². The third-order valence-electron chi connectivity index (χ3n) is 5.59. The summed E-state index contributed by atoms with van der Waals surface area (Å²) in [7, 11) is -4.08. The quantitative estimate of drug-likeness (QED) is 0.262. The summed E-state index contributed by atoms with van der Waals surface area (Å²) in [6, 6.07) is 26.8. The van der Waals surface area contributed by atoms with Crippen molar-refractivity contribution < 1.29 is 12.6 Å². The van der Waals surface area contributed by atoms with Crippen molar-refractivity contribution in [2.45, 2.75) is 18.4 Å². The first kappa shape index (κ1) is 23.0. The molecule has 3 aromatic carbocycles. The Balaban J connectivity index is 1.59. The van der Waals surface area contributed by atoms with Crippen LogP contribution in [0.15, 0.2) is 102 Å². The molecule has 0 spiro atoms. The Kier molecular flexibility index (Phi) is 6.19. The molecule has 0 aliphatic heterocycles. The molecule has 0 amide bonds. The Morgan fingerprint density at radius 1 is 0.914 bits per heavy atom. The van der Waals surface area contributed by atoms with Crippen LogP contribution in [0.25, 0.3) is 16.9 Å². The van der Waals surface area contributed by atoms with Crippen LogP contribution in [-0.4, -0.2) is 17.8 Å². The number of nitrogens with one attached hydrogen (secondary N) is 1. The summed E-state index contributed by atoms with van der Waals surface area (Å²) < 4.78 is 33.6. The Bertz CT molecular complexity index is 1600. The monoisotopic (exact) mass is 503 g/mol. The highest BCUT2D eigenvalue weighted by atomic mass is 35.5. The molecule has 5 rings (SSSR count). The molecular weight excluding hydrogens is 482 g/mol. The number of imidazole rings is 1. The van der Waals surface area contributed by atoms with Gasteiger partial charge >= 0.3 is 10.1 Å². The summed E-state index contributed by atoms with van der Waals surface area (Å²) in [6.45, 7) is 2.56. The van der Waals surface area contributed by atoms with Gasteiger partial charge in [0.2, 0.25) is 0 Å². The molecule has 0 aliphatic carbocycles. The molecule has 0 saturated heterocycles. The maximum Gasteiger partial charge on any atom is 0.339 e. The van der Waals surface area contributed by atoms with Gasteiger partial charge in [-0.25, -0.2) is 4.98 Å². The fraction of sp³-hybridized carbons (Fsp3) is 0.0741. The summed E-state index contributed by atoms with van der Waals surface area (Å²) in [5.41, 5.74) is 4.03. The number of halogens is 1. The van der Waals surface area contributed by atoms with Crippen LogP contribution in [0.3, 0.4) is 0 Å². The van der Waals surface area contributed by atoms with Gasteiger partial charge < -0.3 is 9.50 Å². The second kappa shape index (κ2) is 9.44. The topological polar surface area (TPSA) is 72.7 Å². The van der Waals surface area contributed by atoms with Crippen LogP contribution in [0.2, 0.25) is 5.02 Å². The molecule has 8 heteroatoms. The number of nitrogens with zero attached hydrogens (tertiary/aromatic N) is 2. The molecule has 5 aromatic rings. The van der Waals surface area contributed by atoms with E-state index in [1.165, 1.54) is 24.3 Å². The predicted molar refractivity (Wildman–Crippen MR) is 138 cm³/mol. The van der Waals surface area contributed by atoms with Crippen molar-refractivity contribution >= 4 is 33.2 Å². The zero-order chi connectivity index (χ0) is 24.4. The summed E-state index contributed by atoms with van der Waals surface area (Å²) in [6.07, 6.45) is 1.93. The molecule has 0 fully saturated rings. The summed E-state index contributed by atoms with van der Waals surface area (Å²) >= 11 is 5.92. The van der Waals surface area contributed by atoms with Gasteiger partial charge in [0.05, 0.1) is 0 Å². The molecule has 6 nitrogen and oxygen atoms in total. The van der Waals surface area contributed by atoms with Gasteiger partial charge in [-0.3, -0.25) is 4.40 Å². The number of para-hydroxylation sites is 1. The molecule has 0 saturated carbocycles. The third kappa shape index (κ3) is 4.73. The Labute approximate surface area is 208 Å². The highest BCUT2D eigenvalue weighted by Crippen LogP contribution is 2.37. The van der Waals surface area contributed by atoms with Gasteiger partial charge in [-0.1, -0.05) is 60.1 Å². The first-order valence-electron chi connectivity index (χ1n) is 11.0. The second-order valence-electron chi connectivity index (χ2n) is 8.02. The van der Waals surface area contributed by atoms with Gasteiger partial charge in [-0.2, -0.15) is 8.42 Å². The van der Waals surface area contributed by atoms with Crippen molar-refractivity contribution in [1.29, 1.82) is 0 Å². The molecule has 0 aliphatic rings. The lowest BCUT2D eigenvalue weighted by atomic mass is 10.1. The molecule has 2 aromatic heterocycles. The number of benzene rings is 3. The number of anilines is 1. The normalized spacial score (nSPS) is 11.5. The van der Waals surface area contributed by atoms with Crippen molar-refractivity contribution in [3.8, 4) is 17.0 Å². The number of hydrogen-bond acceptors (Lipinski definition) is 5. The second-order valence-corrected chi connectivity index (χ2v) is 10.0. The average molecular weight is 504 g/mol. The minimum atomic E-state index is -4.08. The van der Waals surface area contributed by atoms with Gasteiger partial charge in [0.15, 0.2) is 5.75 Å². The lowest BCUT2D eigenvalue weighted by Crippen LogP contribution is -2.10. The number of rotatable bonds is 7. The van der Waals surface area contributed by atoms with Crippen LogP contribution in [0.5, 0.6) is 5.75 Å². The van der Waals surface area contributed by atoms with Crippen LogP contribution in [0.4, 0.5) is 5.82 Å². The summed E-state index contributed by atoms with van der Waals surface area (Å²) in [5, 5.41) is 3.93. The van der Waals surface area contributed by atoms with Crippen molar-refractivity contribution in [2.75, 3.05) is 5.32 Å². The van der Waals surface area contributed by atoms with Crippen LogP contribution >= 0.6 is 11.6 Å². The van der Waals surface area contributed by atoms with Crippen LogP contribution in [0.1, 0.15) is 11.1 Å². The van der Waals surface area contributed by atoms with E-state index in [2.05, 4.69) is 5.32 Å². The number of aromatic nitrogens is 2. The molecule has 35 heavy (non-hydrogen) atoms. The highest BCUT2D eigenvalue weighted by molar-refractivity contribution is 7.87. The van der Waals surface area contributed by atoms with E-state index in [0.29, 0.717) is 22.8 Å². The summed E-state index contributed by atoms with van der Waals surface area (Å²) in [5.74, 6) is 0.929. The maximum atomic E-state index is 13.0. The smallest absolute Gasteiger partial charge is 0.339 e. The van der Waals surface area contributed by atoms with E-state index < -0.39 is 10.1 Å². The third-order valence-corrected chi connectivity index (χ3v) is 7.09. The van der Waals surface area contributed by atoms with Crippen molar-refractivity contribution in [2.24, 2.45) is 0 Å². The number of aryl methyl sites for hydroxylation is 1. The highest BCUT2D eigenvalue weighted by Gasteiger charge is 2.23. The molecule has 0 radical (unpaired) electrons. The van der Waals surface area contributed by atoms with Crippen molar-refractivity contribution in [3.63, 3.8) is 0 Å². The zero-order valence-corrected chi connectivity index (χ0v) is 20.4. The maximum absolute atomic E-state index is 13.0. The minimum Gasteiger partial charge on any atom is -0.378 e. The van der Waals surface area contributed by atoms with E-state index in [0.717, 1.165) is 22.6 Å². The minimum absolute atomic E-state index is 0.0185. The Morgan fingerprint density at radius 2 is 1.63 bits per heavy atom. The van der Waals surface area contributed by atoms with E-state index in [1.54, 1.807) is 18.2 Å². The van der Waals surface area contributed by atoms with E-state index in [1.807, 2.05) is 66.1 Å². The van der Waals surface area contributed by atoms with Crippen LogP contribution < -0.4 is 9.50 Å². The zero-order valence-electron chi connectivity index (χ0n) is 18.9. The van der Waals surface area contributed by atoms with Crippen molar-refractivity contribution in [1.82, 2.24) is 9.38 Å². The first-order chi connectivity index (χ1) is 16.9. The van der Waals surface area contributed by atoms with Gasteiger partial charge in [-0.05, 0) is 60.5 Å². The number of fused-ring (bicyclic) bond motifs is 1. The molecule has 1 N–H and O–H groups in total. The fourth-order valence-corrected chi connectivity index (χ4v) is 4.92. The van der Waals surface area contributed by atoms with Gasteiger partial charge in [0.25, 0.3) is 0 Å². The molecule has 176 valence electrons. The molecule has 0 atom stereocenters. The molecular formula is C27H22ClN3O3S. The van der Waals surface area contributed by atoms with E-state index in [-0.39, 0.29) is 10.6 Å². The average Bonchev–Trinajstić information content (AvgIpc) is 3.23. The lowest BCUT2D eigenvalue weighted by molar-refractivity contribution is 0.487. The molecule has 0 bridgehead atoms. The molecule has 2 heterocycles. The van der Waals surface area contributed by atoms with Gasteiger partial charge in [-0.15, -0.1) is 0 Å². The lowest BCUT2D eigenvalue weighted by Gasteiger charge is -2.13. The van der Waals surface area contributed by atoms with E-state index >= 15 is 0 Å². The Morgan fingerprint density at radius 3 is 2.40 bits per heavy atom. The number of pyridine rings is 1. The van der Waals surface area contributed by atoms with Gasteiger partial charge in [0.1, 0.15) is 22.1 Å². The van der Waals surface area contributed by atoms with Crippen LogP contribution in [-0.2, 0) is 16.7 Å². The number of hydrogen-bond donors (Lipinski definition) is 1. The predicted octanol–water partition coefficient (Wildman–Crippen LogP) is 6.34. The standard InChI is InChI=1S/C27H22ClN3O3S/c1-19-8-7-17-31-26(19)30-25(27(31)29-18-20-9-3-2-4-10-20)23-11-5-6-12-24(23)34-35(32,33)22-15-13-21(28)14-16-22/h2-17,29H,18H2,1H3. The fourth-order valence-electron chi connectivity index (χ4n) is 3.84. The van der Waals surface area contributed by atoms with E-state index in [4.69, 9.17) is 20.8 Å². The summed E-state index contributed by atoms with van der Waals surface area (Å²) in [4.78, 5) is 4.90. The van der Waals surface area contributed by atoms with Gasteiger partial charge in [0, 0.05) is 23.3 Å². The first-order valence-corrected chi connectivity index (χ1v) is 12.8. The Hall–Kier alpha value is -3.81. The largest absolute Gasteiger partial charge is 0.378 e.